The van der Waals surface area contributed by atoms with Crippen LogP contribution in [0.4, 0.5) is 10.1 Å². The van der Waals surface area contributed by atoms with Gasteiger partial charge in [0.25, 0.3) is 0 Å². The minimum Gasteiger partial charge on any atom is -0.347 e. The lowest BCUT2D eigenvalue weighted by atomic mass is 9.91. The summed E-state index contributed by atoms with van der Waals surface area (Å²) in [5.74, 6) is -2.01. The maximum Gasteiger partial charge on any atom is 0.239 e. The van der Waals surface area contributed by atoms with Gasteiger partial charge in [-0.3, -0.25) is 9.59 Å². The van der Waals surface area contributed by atoms with Crippen LogP contribution in [0.15, 0.2) is 48.7 Å². The van der Waals surface area contributed by atoms with Gasteiger partial charge in [-0.15, -0.1) is 5.10 Å². The van der Waals surface area contributed by atoms with Crippen molar-refractivity contribution in [1.82, 2.24) is 20.3 Å². The molecule has 30 heavy (non-hydrogen) atoms. The Morgan fingerprint density at radius 2 is 2.03 bits per heavy atom. The van der Waals surface area contributed by atoms with E-state index < -0.39 is 17.8 Å². The van der Waals surface area contributed by atoms with Crippen molar-refractivity contribution in [3.63, 3.8) is 0 Å². The fourth-order valence-electron chi connectivity index (χ4n) is 3.52. The van der Waals surface area contributed by atoms with Gasteiger partial charge < -0.3 is 10.2 Å². The molecule has 0 saturated heterocycles. The average Bonchev–Trinajstić information content (AvgIpc) is 3.20. The van der Waals surface area contributed by atoms with E-state index in [9.17, 15) is 14.0 Å². The second-order valence-electron chi connectivity index (χ2n) is 7.20. The molecule has 3 aromatic rings. The number of nitrogens with zero attached hydrogens (tertiary/aromatic N) is 4. The molecule has 0 radical (unpaired) electrons. The second-order valence-corrected chi connectivity index (χ2v) is 7.63. The van der Waals surface area contributed by atoms with Gasteiger partial charge in [0.2, 0.25) is 11.8 Å². The highest BCUT2D eigenvalue weighted by Gasteiger charge is 2.36. The average molecular weight is 428 g/mol. The van der Waals surface area contributed by atoms with E-state index in [1.165, 1.54) is 27.9 Å². The summed E-state index contributed by atoms with van der Waals surface area (Å²) in [6, 6.07) is 11.2. The highest BCUT2D eigenvalue weighted by Crippen LogP contribution is 2.29. The van der Waals surface area contributed by atoms with E-state index in [0.29, 0.717) is 12.1 Å². The highest BCUT2D eigenvalue weighted by molar-refractivity contribution is 6.30. The van der Waals surface area contributed by atoms with Crippen molar-refractivity contribution < 1.29 is 14.0 Å². The summed E-state index contributed by atoms with van der Waals surface area (Å²) in [6.45, 7) is 1.73. The summed E-state index contributed by atoms with van der Waals surface area (Å²) in [5, 5.41) is 11.1. The number of amides is 2. The Bertz CT molecular complexity index is 1130. The maximum atomic E-state index is 14.1. The molecule has 0 aliphatic carbocycles. The summed E-state index contributed by atoms with van der Waals surface area (Å²) in [6.07, 6.45) is 1.86. The molecule has 0 saturated carbocycles. The van der Waals surface area contributed by atoms with Crippen molar-refractivity contribution in [2.45, 2.75) is 19.4 Å². The van der Waals surface area contributed by atoms with Crippen LogP contribution >= 0.6 is 11.6 Å². The van der Waals surface area contributed by atoms with E-state index in [0.717, 1.165) is 11.3 Å². The molecular weight excluding hydrogens is 409 g/mol. The molecule has 1 N–H and O–H groups in total. The number of anilines is 1. The molecule has 9 heteroatoms. The zero-order valence-corrected chi connectivity index (χ0v) is 17.1. The van der Waals surface area contributed by atoms with E-state index in [2.05, 4.69) is 15.6 Å². The number of benzene rings is 2. The number of hydrogen-bond donors (Lipinski definition) is 1. The Labute approximate surface area is 177 Å². The van der Waals surface area contributed by atoms with Crippen molar-refractivity contribution in [3.05, 3.63) is 70.8 Å². The largest absolute Gasteiger partial charge is 0.347 e. The minimum atomic E-state index is -0.823. The summed E-state index contributed by atoms with van der Waals surface area (Å²) in [4.78, 5) is 27.0. The van der Waals surface area contributed by atoms with Gasteiger partial charge in [-0.2, -0.15) is 0 Å². The van der Waals surface area contributed by atoms with Gasteiger partial charge in [0.1, 0.15) is 23.1 Å². The summed E-state index contributed by atoms with van der Waals surface area (Å²) < 4.78 is 15.4. The highest BCUT2D eigenvalue weighted by atomic mass is 35.5. The number of nitrogens with one attached hydrogen (secondary N) is 1. The molecule has 7 nitrogen and oxygen atoms in total. The zero-order chi connectivity index (χ0) is 21.4. The van der Waals surface area contributed by atoms with Crippen molar-refractivity contribution in [2.24, 2.45) is 5.92 Å². The van der Waals surface area contributed by atoms with Gasteiger partial charge in [0.05, 0.1) is 12.2 Å². The summed E-state index contributed by atoms with van der Waals surface area (Å²) >= 11 is 5.78. The molecule has 0 spiro atoms. The Kier molecular flexibility index (Phi) is 5.26. The fourth-order valence-corrected chi connectivity index (χ4v) is 3.68. The van der Waals surface area contributed by atoms with Crippen LogP contribution in [-0.4, -0.2) is 33.9 Å². The molecule has 4 rings (SSSR count). The molecule has 1 aromatic heterocycles. The van der Waals surface area contributed by atoms with Gasteiger partial charge in [-0.05, 0) is 43.2 Å². The molecule has 2 heterocycles. The molecule has 0 fully saturated rings. The van der Waals surface area contributed by atoms with E-state index >= 15 is 0 Å². The predicted molar refractivity (Wildman–Crippen MR) is 110 cm³/mol. The molecule has 2 aromatic carbocycles. The van der Waals surface area contributed by atoms with Gasteiger partial charge in [-0.25, -0.2) is 9.07 Å². The van der Waals surface area contributed by atoms with Crippen LogP contribution in [0.2, 0.25) is 5.02 Å². The van der Waals surface area contributed by atoms with Gasteiger partial charge in [0, 0.05) is 17.8 Å². The number of rotatable bonds is 4. The SMILES string of the molecule is CC(NC(=O)C1Cc2ccccc2N(C)C1=O)c1cn(-c2ccc(Cl)cc2F)nn1. The molecular formula is C21H19ClFN5O2. The van der Waals surface area contributed by atoms with Crippen molar-refractivity contribution in [2.75, 3.05) is 11.9 Å². The first-order chi connectivity index (χ1) is 14.3. The summed E-state index contributed by atoms with van der Waals surface area (Å²) in [5.41, 5.74) is 2.39. The first-order valence-corrected chi connectivity index (χ1v) is 9.76. The number of fused-ring (bicyclic) bond motifs is 1. The lowest BCUT2D eigenvalue weighted by Crippen LogP contribution is -2.46. The number of aromatic nitrogens is 3. The van der Waals surface area contributed by atoms with Crippen LogP contribution in [-0.2, 0) is 16.0 Å². The minimum absolute atomic E-state index is 0.192. The second kappa shape index (κ2) is 7.87. The third-order valence-corrected chi connectivity index (χ3v) is 5.43. The maximum absolute atomic E-state index is 14.1. The van der Waals surface area contributed by atoms with Crippen molar-refractivity contribution in [1.29, 1.82) is 0 Å². The van der Waals surface area contributed by atoms with Crippen LogP contribution in [0.1, 0.15) is 24.2 Å². The topological polar surface area (TPSA) is 80.1 Å². The number of hydrogen-bond acceptors (Lipinski definition) is 4. The van der Waals surface area contributed by atoms with E-state index in [1.54, 1.807) is 20.0 Å². The van der Waals surface area contributed by atoms with Crippen LogP contribution in [0.5, 0.6) is 0 Å². The first-order valence-electron chi connectivity index (χ1n) is 9.38. The molecule has 1 aliphatic rings. The smallest absolute Gasteiger partial charge is 0.239 e. The normalized spacial score (nSPS) is 16.9. The number of carbonyl (C=O) groups excluding carboxylic acids is 2. The third kappa shape index (κ3) is 3.66. The van der Waals surface area contributed by atoms with Crippen molar-refractivity contribution in [3.8, 4) is 5.69 Å². The quantitative estimate of drug-likeness (QED) is 0.649. The number of para-hydroxylation sites is 1. The standard InChI is InChI=1S/C21H19ClFN5O2/c1-12(17-11-28(26-25-17)19-8-7-14(22)10-16(19)23)24-20(29)15-9-13-5-3-4-6-18(13)27(2)21(15)30/h3-8,10-12,15H,9H2,1-2H3,(H,24,29). The predicted octanol–water partition coefficient (Wildman–Crippen LogP) is 3.07. The first kappa shape index (κ1) is 20.0. The molecule has 2 amide bonds. The Morgan fingerprint density at radius 1 is 1.27 bits per heavy atom. The van der Waals surface area contributed by atoms with Gasteiger partial charge >= 0.3 is 0 Å². The molecule has 0 bridgehead atoms. The van der Waals surface area contributed by atoms with E-state index in [4.69, 9.17) is 11.6 Å². The third-order valence-electron chi connectivity index (χ3n) is 5.19. The number of halogens is 2. The molecule has 1 aliphatic heterocycles. The fraction of sp³-hybridized carbons (Fsp3) is 0.238. The molecule has 2 atom stereocenters. The monoisotopic (exact) mass is 427 g/mol. The lowest BCUT2D eigenvalue weighted by Gasteiger charge is -2.31. The molecule has 2 unspecified atom stereocenters. The zero-order valence-electron chi connectivity index (χ0n) is 16.3. The Morgan fingerprint density at radius 3 is 2.80 bits per heavy atom. The van der Waals surface area contributed by atoms with Crippen LogP contribution in [0.3, 0.4) is 0 Å². The lowest BCUT2D eigenvalue weighted by molar-refractivity contribution is -0.134. The van der Waals surface area contributed by atoms with Gasteiger partial charge in [0.15, 0.2) is 0 Å². The van der Waals surface area contributed by atoms with E-state index in [1.807, 2.05) is 24.3 Å². The van der Waals surface area contributed by atoms with Crippen LogP contribution in [0.25, 0.3) is 5.69 Å². The Hall–Kier alpha value is -3.26. The number of carbonyl (C=O) groups is 2. The van der Waals surface area contributed by atoms with Crippen molar-refractivity contribution >= 4 is 29.1 Å². The van der Waals surface area contributed by atoms with Crippen LogP contribution < -0.4 is 10.2 Å². The Balaban J connectivity index is 1.49. The van der Waals surface area contributed by atoms with Crippen LogP contribution in [0, 0.1) is 11.7 Å². The summed E-state index contributed by atoms with van der Waals surface area (Å²) in [7, 11) is 1.66. The van der Waals surface area contributed by atoms with Gasteiger partial charge in [-0.1, -0.05) is 35.0 Å². The molecule has 154 valence electrons. The van der Waals surface area contributed by atoms with E-state index in [-0.39, 0.29) is 22.5 Å².